The van der Waals surface area contributed by atoms with E-state index in [0.29, 0.717) is 28.0 Å². The maximum atomic E-state index is 12.6. The Kier molecular flexibility index (Phi) is 5.94. The first-order valence-corrected chi connectivity index (χ1v) is 10.0. The van der Waals surface area contributed by atoms with Crippen molar-refractivity contribution in [3.63, 3.8) is 0 Å². The van der Waals surface area contributed by atoms with E-state index < -0.39 is 23.3 Å². The fourth-order valence-corrected chi connectivity index (χ4v) is 3.69. The first-order chi connectivity index (χ1) is 15.9. The van der Waals surface area contributed by atoms with E-state index >= 15 is 0 Å². The van der Waals surface area contributed by atoms with Gasteiger partial charge in [0.05, 0.1) is 25.5 Å². The maximum Gasteiger partial charge on any atom is 0.290 e. The number of aromatic amines is 1. The molecule has 3 N–H and O–H groups in total. The Morgan fingerprint density at radius 2 is 1.76 bits per heavy atom. The molecule has 1 aliphatic heterocycles. The van der Waals surface area contributed by atoms with Crippen LogP contribution in [0.5, 0.6) is 11.5 Å². The first kappa shape index (κ1) is 21.8. The first-order valence-electron chi connectivity index (χ1n) is 10.0. The maximum absolute atomic E-state index is 12.6. The number of hydrazine groups is 1. The molecule has 1 unspecified atom stereocenters. The Morgan fingerprint density at radius 3 is 2.48 bits per heavy atom. The molecule has 1 atom stereocenters. The summed E-state index contributed by atoms with van der Waals surface area (Å²) in [7, 11) is 3.01. The van der Waals surface area contributed by atoms with Gasteiger partial charge in [-0.2, -0.15) is 5.10 Å². The van der Waals surface area contributed by atoms with Gasteiger partial charge in [-0.15, -0.1) is 0 Å². The minimum absolute atomic E-state index is 0.0180. The number of ether oxygens (including phenoxy) is 2. The molecule has 11 heteroatoms. The lowest BCUT2D eigenvalue weighted by molar-refractivity contribution is -0.126. The van der Waals surface area contributed by atoms with Gasteiger partial charge in [0.25, 0.3) is 11.5 Å². The summed E-state index contributed by atoms with van der Waals surface area (Å²) in [5.41, 5.74) is 4.75. The number of methoxy groups -OCH3 is 2. The number of carbonyl (C=O) groups excluding carboxylic acids is 3. The van der Waals surface area contributed by atoms with E-state index in [2.05, 4.69) is 21.0 Å². The molecule has 1 fully saturated rings. The number of H-pyrrole nitrogens is 1. The van der Waals surface area contributed by atoms with Gasteiger partial charge in [0.15, 0.2) is 17.2 Å². The fraction of sp³-hybridized carbons (Fsp3) is 0.227. The molecule has 11 nitrogen and oxygen atoms in total. The summed E-state index contributed by atoms with van der Waals surface area (Å²) >= 11 is 0. The number of aromatic nitrogens is 2. The molecular weight excluding hydrogens is 430 g/mol. The van der Waals surface area contributed by atoms with E-state index in [-0.39, 0.29) is 24.6 Å². The number of rotatable bonds is 5. The molecule has 0 aliphatic carbocycles. The summed E-state index contributed by atoms with van der Waals surface area (Å²) in [6.45, 7) is 0.135. The normalized spacial score (nSPS) is 15.4. The second kappa shape index (κ2) is 8.99. The highest BCUT2D eigenvalue weighted by atomic mass is 16.5. The molecule has 1 aromatic heterocycles. The van der Waals surface area contributed by atoms with Crippen molar-refractivity contribution in [1.29, 1.82) is 0 Å². The molecule has 4 rings (SSSR count). The largest absolute Gasteiger partial charge is 0.493 e. The third kappa shape index (κ3) is 4.20. The monoisotopic (exact) mass is 451 g/mol. The van der Waals surface area contributed by atoms with Crippen LogP contribution in [0.3, 0.4) is 0 Å². The quantitative estimate of drug-likeness (QED) is 0.486. The van der Waals surface area contributed by atoms with E-state index in [1.165, 1.54) is 19.1 Å². The number of nitrogens with zero attached hydrogens (tertiary/aromatic N) is 2. The topological polar surface area (TPSA) is 143 Å². The van der Waals surface area contributed by atoms with Gasteiger partial charge >= 0.3 is 0 Å². The molecule has 0 spiro atoms. The molecule has 3 aromatic rings. The van der Waals surface area contributed by atoms with E-state index in [0.717, 1.165) is 0 Å². The highest BCUT2D eigenvalue weighted by molar-refractivity contribution is 6.05. The summed E-state index contributed by atoms with van der Waals surface area (Å²) in [6, 6.07) is 11.5. The number of amides is 3. The molecular formula is C22H21N5O6. The Morgan fingerprint density at radius 1 is 1.03 bits per heavy atom. The van der Waals surface area contributed by atoms with Gasteiger partial charge < -0.3 is 14.4 Å². The minimum Gasteiger partial charge on any atom is -0.493 e. The number of benzene rings is 2. The smallest absolute Gasteiger partial charge is 0.290 e. The van der Waals surface area contributed by atoms with E-state index in [4.69, 9.17) is 9.47 Å². The van der Waals surface area contributed by atoms with Gasteiger partial charge in [-0.25, -0.2) is 5.10 Å². The van der Waals surface area contributed by atoms with Gasteiger partial charge in [-0.1, -0.05) is 18.2 Å². The molecule has 2 aromatic carbocycles. The molecule has 33 heavy (non-hydrogen) atoms. The average molecular weight is 451 g/mol. The van der Waals surface area contributed by atoms with Crippen molar-refractivity contribution in [2.45, 2.75) is 6.42 Å². The Hall–Kier alpha value is -4.41. The second-order valence-electron chi connectivity index (χ2n) is 7.33. The van der Waals surface area contributed by atoms with Crippen molar-refractivity contribution in [1.82, 2.24) is 21.0 Å². The summed E-state index contributed by atoms with van der Waals surface area (Å²) < 4.78 is 10.5. The van der Waals surface area contributed by atoms with Crippen molar-refractivity contribution >= 4 is 34.2 Å². The van der Waals surface area contributed by atoms with Crippen LogP contribution in [-0.2, 0) is 9.59 Å². The molecule has 0 saturated carbocycles. The van der Waals surface area contributed by atoms with Crippen LogP contribution in [0, 0.1) is 5.92 Å². The van der Waals surface area contributed by atoms with Crippen LogP contribution in [0.15, 0.2) is 47.3 Å². The standard InChI is InChI=1S/C22H21N5O6/c1-32-16-8-7-13(10-17(16)33-2)27-11-12(9-18(27)28)20(29)24-26-22(31)19-14-5-3-4-6-15(14)21(30)25-23-19/h3-8,10,12H,9,11H2,1-2H3,(H,24,29)(H,25,30)(H,26,31). The van der Waals surface area contributed by atoms with Crippen molar-refractivity contribution in [2.24, 2.45) is 5.92 Å². The summed E-state index contributed by atoms with van der Waals surface area (Å²) in [5, 5.41) is 6.71. The number of anilines is 1. The van der Waals surface area contributed by atoms with Crippen LogP contribution in [0.25, 0.3) is 10.8 Å². The van der Waals surface area contributed by atoms with Gasteiger partial charge in [0.1, 0.15) is 0 Å². The van der Waals surface area contributed by atoms with Gasteiger partial charge in [0.2, 0.25) is 11.8 Å². The van der Waals surface area contributed by atoms with Crippen LogP contribution < -0.4 is 30.8 Å². The van der Waals surface area contributed by atoms with Crippen molar-refractivity contribution in [2.75, 3.05) is 25.7 Å². The van der Waals surface area contributed by atoms with Crippen molar-refractivity contribution < 1.29 is 23.9 Å². The van der Waals surface area contributed by atoms with Crippen molar-refractivity contribution in [3.8, 4) is 11.5 Å². The van der Waals surface area contributed by atoms with E-state index in [9.17, 15) is 19.2 Å². The summed E-state index contributed by atoms with van der Waals surface area (Å²) in [6.07, 6.45) is -0.0180. The number of hydrogen-bond acceptors (Lipinski definition) is 7. The molecule has 0 radical (unpaired) electrons. The van der Waals surface area contributed by atoms with Crippen LogP contribution in [0.1, 0.15) is 16.9 Å². The lowest BCUT2D eigenvalue weighted by Crippen LogP contribution is -2.45. The van der Waals surface area contributed by atoms with Crippen LogP contribution >= 0.6 is 0 Å². The zero-order valence-electron chi connectivity index (χ0n) is 17.9. The highest BCUT2D eigenvalue weighted by Gasteiger charge is 2.35. The number of hydrogen-bond donors (Lipinski definition) is 3. The molecule has 3 amide bonds. The van der Waals surface area contributed by atoms with Crippen LogP contribution in [0.2, 0.25) is 0 Å². The fourth-order valence-electron chi connectivity index (χ4n) is 3.69. The molecule has 170 valence electrons. The minimum atomic E-state index is -0.697. The predicted molar refractivity (Wildman–Crippen MR) is 118 cm³/mol. The van der Waals surface area contributed by atoms with Crippen LogP contribution in [-0.4, -0.2) is 48.7 Å². The molecule has 2 heterocycles. The SMILES string of the molecule is COc1ccc(N2CC(C(=O)NNC(=O)c3n[nH]c(=O)c4ccccc34)CC2=O)cc1OC. The van der Waals surface area contributed by atoms with E-state index in [1.54, 1.807) is 42.5 Å². The zero-order valence-corrected chi connectivity index (χ0v) is 17.9. The lowest BCUT2D eigenvalue weighted by Gasteiger charge is -2.18. The Balaban J connectivity index is 1.43. The lowest BCUT2D eigenvalue weighted by atomic mass is 10.1. The van der Waals surface area contributed by atoms with Gasteiger partial charge in [0, 0.05) is 30.1 Å². The van der Waals surface area contributed by atoms with Gasteiger partial charge in [-0.05, 0) is 18.2 Å². The van der Waals surface area contributed by atoms with Crippen LogP contribution in [0.4, 0.5) is 5.69 Å². The summed E-state index contributed by atoms with van der Waals surface area (Å²) in [5.74, 6) is -1.14. The molecule has 0 bridgehead atoms. The zero-order chi connectivity index (χ0) is 23.5. The van der Waals surface area contributed by atoms with Gasteiger partial charge in [-0.3, -0.25) is 30.0 Å². The molecule has 1 aliphatic rings. The Labute approximate surface area is 187 Å². The third-order valence-corrected chi connectivity index (χ3v) is 5.38. The number of nitrogens with one attached hydrogen (secondary N) is 3. The Bertz CT molecular complexity index is 1300. The second-order valence-corrected chi connectivity index (χ2v) is 7.33. The average Bonchev–Trinajstić information content (AvgIpc) is 3.24. The van der Waals surface area contributed by atoms with Crippen molar-refractivity contribution in [3.05, 3.63) is 58.5 Å². The summed E-state index contributed by atoms with van der Waals surface area (Å²) in [4.78, 5) is 51.1. The number of carbonyl (C=O) groups is 3. The number of fused-ring (bicyclic) bond motifs is 1. The molecule has 1 saturated heterocycles. The van der Waals surface area contributed by atoms with E-state index in [1.807, 2.05) is 0 Å². The highest BCUT2D eigenvalue weighted by Crippen LogP contribution is 2.34. The predicted octanol–water partition coefficient (Wildman–Crippen LogP) is 0.754. The third-order valence-electron chi connectivity index (χ3n) is 5.38.